The lowest BCUT2D eigenvalue weighted by atomic mass is 9.99. The molecule has 2 rings (SSSR count). The third kappa shape index (κ3) is 2.21. The third-order valence-electron chi connectivity index (χ3n) is 2.97. The molecule has 0 atom stereocenters. The molecule has 0 bridgehead atoms. The summed E-state index contributed by atoms with van der Waals surface area (Å²) >= 11 is 0. The highest BCUT2D eigenvalue weighted by molar-refractivity contribution is 5.80. The van der Waals surface area contributed by atoms with Gasteiger partial charge in [-0.05, 0) is 29.7 Å². The van der Waals surface area contributed by atoms with Crippen molar-refractivity contribution in [2.75, 3.05) is 7.05 Å². The summed E-state index contributed by atoms with van der Waals surface area (Å²) in [7, 11) is 1.98. The summed E-state index contributed by atoms with van der Waals surface area (Å²) in [5.41, 5.74) is 5.11. The van der Waals surface area contributed by atoms with Gasteiger partial charge in [-0.3, -0.25) is 4.79 Å². The second-order valence-corrected chi connectivity index (χ2v) is 4.21. The minimum absolute atomic E-state index is 0.698. The number of hydrogen-bond donors (Lipinski definition) is 0. The zero-order valence-electron chi connectivity index (χ0n) is 10.1. The molecule has 17 heavy (non-hydrogen) atoms. The lowest BCUT2D eigenvalue weighted by Gasteiger charge is -2.24. The number of carbonyl (C=O) groups is 1. The Labute approximate surface area is 102 Å². The highest BCUT2D eigenvalue weighted by atomic mass is 16.1. The number of hydrogen-bond acceptors (Lipinski definition) is 2. The molecule has 0 saturated carbocycles. The maximum absolute atomic E-state index is 10.6. The monoisotopic (exact) mass is 225 g/mol. The Hall–Kier alpha value is -2.09. The molecule has 0 spiro atoms. The standard InChI is InChI=1S/C15H15NO/c1-11-8-15(9-16(3)12(11)2)14-6-4-13(10-17)5-7-14/h4-10H,2H2,1,3H3. The van der Waals surface area contributed by atoms with E-state index in [1.54, 1.807) is 0 Å². The minimum atomic E-state index is 0.698. The van der Waals surface area contributed by atoms with Crippen LogP contribution in [0.3, 0.4) is 0 Å². The van der Waals surface area contributed by atoms with Crippen molar-refractivity contribution in [2.24, 2.45) is 0 Å². The van der Waals surface area contributed by atoms with Crippen molar-refractivity contribution in [3.63, 3.8) is 0 Å². The largest absolute Gasteiger partial charge is 0.351 e. The summed E-state index contributed by atoms with van der Waals surface area (Å²) in [5.74, 6) is 0. The quantitative estimate of drug-likeness (QED) is 0.720. The van der Waals surface area contributed by atoms with Gasteiger partial charge in [0.15, 0.2) is 0 Å². The average molecular weight is 225 g/mol. The van der Waals surface area contributed by atoms with E-state index in [-0.39, 0.29) is 0 Å². The van der Waals surface area contributed by atoms with Crippen LogP contribution in [0.2, 0.25) is 0 Å². The molecule has 0 N–H and O–H groups in total. The molecule has 0 radical (unpaired) electrons. The summed E-state index contributed by atoms with van der Waals surface area (Å²) in [5, 5.41) is 0. The van der Waals surface area contributed by atoms with Crippen LogP contribution >= 0.6 is 0 Å². The SMILES string of the molecule is C=C1C(C)=CC(c2ccc(C=O)cc2)=CN1C. The van der Waals surface area contributed by atoms with Crippen molar-refractivity contribution in [2.45, 2.75) is 6.92 Å². The lowest BCUT2D eigenvalue weighted by Crippen LogP contribution is -2.14. The Balaban J connectivity index is 2.37. The van der Waals surface area contributed by atoms with Gasteiger partial charge in [-0.25, -0.2) is 0 Å². The highest BCUT2D eigenvalue weighted by Crippen LogP contribution is 2.27. The minimum Gasteiger partial charge on any atom is -0.351 e. The smallest absolute Gasteiger partial charge is 0.150 e. The number of nitrogens with zero attached hydrogens (tertiary/aromatic N) is 1. The first-order valence-electron chi connectivity index (χ1n) is 5.49. The molecule has 1 aromatic carbocycles. The van der Waals surface area contributed by atoms with Gasteiger partial charge in [-0.15, -0.1) is 0 Å². The van der Waals surface area contributed by atoms with Crippen molar-refractivity contribution in [3.8, 4) is 0 Å². The van der Waals surface area contributed by atoms with Crippen molar-refractivity contribution < 1.29 is 4.79 Å². The lowest BCUT2D eigenvalue weighted by molar-refractivity contribution is 0.112. The number of carbonyl (C=O) groups excluding carboxylic acids is 1. The van der Waals surface area contributed by atoms with Crippen molar-refractivity contribution >= 4 is 11.9 Å². The fraction of sp³-hybridized carbons (Fsp3) is 0.133. The highest BCUT2D eigenvalue weighted by Gasteiger charge is 2.11. The molecule has 1 heterocycles. The topological polar surface area (TPSA) is 20.3 Å². The molecule has 86 valence electrons. The predicted molar refractivity (Wildman–Crippen MR) is 70.5 cm³/mol. The van der Waals surface area contributed by atoms with Crippen LogP contribution in [0.15, 0.2) is 54.4 Å². The number of rotatable bonds is 2. The van der Waals surface area contributed by atoms with Crippen LogP contribution in [0.4, 0.5) is 0 Å². The average Bonchev–Trinajstić information content (AvgIpc) is 2.35. The van der Waals surface area contributed by atoms with Crippen LogP contribution in [0.1, 0.15) is 22.8 Å². The maximum Gasteiger partial charge on any atom is 0.150 e. The van der Waals surface area contributed by atoms with Crippen molar-refractivity contribution in [1.29, 1.82) is 0 Å². The molecule has 0 aromatic heterocycles. The predicted octanol–water partition coefficient (Wildman–Crippen LogP) is 3.25. The first-order valence-corrected chi connectivity index (χ1v) is 5.49. The van der Waals surface area contributed by atoms with E-state index < -0.39 is 0 Å². The number of allylic oxidation sites excluding steroid dienone is 3. The van der Waals surface area contributed by atoms with Crippen LogP contribution in [0.25, 0.3) is 5.57 Å². The fourth-order valence-corrected chi connectivity index (χ4v) is 1.83. The van der Waals surface area contributed by atoms with Gasteiger partial charge in [-0.1, -0.05) is 30.8 Å². The van der Waals surface area contributed by atoms with E-state index in [1.165, 1.54) is 0 Å². The first-order chi connectivity index (χ1) is 8.11. The molecule has 2 heteroatoms. The van der Waals surface area contributed by atoms with E-state index in [0.717, 1.165) is 28.7 Å². The zero-order chi connectivity index (χ0) is 12.4. The van der Waals surface area contributed by atoms with E-state index in [4.69, 9.17) is 0 Å². The van der Waals surface area contributed by atoms with Gasteiger partial charge in [-0.2, -0.15) is 0 Å². The molecule has 0 fully saturated rings. The van der Waals surface area contributed by atoms with Gasteiger partial charge in [0.05, 0.1) is 0 Å². The molecular weight excluding hydrogens is 210 g/mol. The van der Waals surface area contributed by atoms with Gasteiger partial charge in [0, 0.05) is 24.5 Å². The normalized spacial score (nSPS) is 15.4. The van der Waals surface area contributed by atoms with Gasteiger partial charge in [0.2, 0.25) is 0 Å². The summed E-state index contributed by atoms with van der Waals surface area (Å²) in [4.78, 5) is 12.6. The van der Waals surface area contributed by atoms with Crippen LogP contribution in [0.5, 0.6) is 0 Å². The van der Waals surface area contributed by atoms with Crippen LogP contribution in [-0.2, 0) is 0 Å². The Morgan fingerprint density at radius 1 is 1.24 bits per heavy atom. The second kappa shape index (κ2) is 4.42. The van der Waals surface area contributed by atoms with E-state index in [1.807, 2.05) is 49.3 Å². The molecule has 2 nitrogen and oxygen atoms in total. The number of benzene rings is 1. The van der Waals surface area contributed by atoms with Crippen molar-refractivity contribution in [1.82, 2.24) is 4.90 Å². The summed E-state index contributed by atoms with van der Waals surface area (Å²) in [6.07, 6.45) is 5.01. The van der Waals surface area contributed by atoms with Gasteiger partial charge in [0.1, 0.15) is 6.29 Å². The van der Waals surface area contributed by atoms with Gasteiger partial charge >= 0.3 is 0 Å². The van der Waals surface area contributed by atoms with Crippen molar-refractivity contribution in [3.05, 3.63) is 65.5 Å². The summed E-state index contributed by atoms with van der Waals surface area (Å²) in [6, 6.07) is 7.58. The maximum atomic E-state index is 10.6. The van der Waals surface area contributed by atoms with E-state index in [0.29, 0.717) is 5.56 Å². The Kier molecular flexibility index (Phi) is 2.96. The third-order valence-corrected chi connectivity index (χ3v) is 2.97. The summed E-state index contributed by atoms with van der Waals surface area (Å²) in [6.45, 7) is 6.05. The molecular formula is C15H15NO. The van der Waals surface area contributed by atoms with Crippen LogP contribution in [0, 0.1) is 0 Å². The van der Waals surface area contributed by atoms with Crippen LogP contribution in [-0.4, -0.2) is 18.2 Å². The Morgan fingerprint density at radius 2 is 1.88 bits per heavy atom. The Bertz CT molecular complexity index is 520. The fourth-order valence-electron chi connectivity index (χ4n) is 1.83. The van der Waals surface area contributed by atoms with E-state index in [2.05, 4.69) is 12.7 Å². The van der Waals surface area contributed by atoms with Gasteiger partial charge < -0.3 is 4.90 Å². The number of likely N-dealkylation sites (N-methyl/N-ethyl adjacent to an activating group) is 1. The molecule has 1 aromatic rings. The Morgan fingerprint density at radius 3 is 2.41 bits per heavy atom. The molecule has 0 saturated heterocycles. The van der Waals surface area contributed by atoms with E-state index >= 15 is 0 Å². The zero-order valence-corrected chi connectivity index (χ0v) is 10.1. The number of aldehydes is 1. The molecule has 0 amide bonds. The molecule has 1 aliphatic rings. The molecule has 1 aliphatic heterocycles. The second-order valence-electron chi connectivity index (χ2n) is 4.21. The first kappa shape index (κ1) is 11.4. The van der Waals surface area contributed by atoms with Gasteiger partial charge in [0.25, 0.3) is 0 Å². The van der Waals surface area contributed by atoms with Crippen LogP contribution < -0.4 is 0 Å². The van der Waals surface area contributed by atoms with E-state index in [9.17, 15) is 4.79 Å². The summed E-state index contributed by atoms with van der Waals surface area (Å²) < 4.78 is 0. The molecule has 0 unspecified atom stereocenters. The molecule has 0 aliphatic carbocycles.